The van der Waals surface area contributed by atoms with E-state index in [2.05, 4.69) is 0 Å². The molecule has 3 aromatic rings. The number of phenols is 2. The van der Waals surface area contributed by atoms with Crippen molar-refractivity contribution < 1.29 is 14.9 Å². The third kappa shape index (κ3) is 2.75. The summed E-state index contributed by atoms with van der Waals surface area (Å²) in [6.07, 6.45) is 0.186. The van der Waals surface area contributed by atoms with Gasteiger partial charge in [0.2, 0.25) is 6.23 Å². The number of ether oxygens (including phenoxy) is 1. The van der Waals surface area contributed by atoms with E-state index in [0.29, 0.717) is 17.0 Å². The molecule has 0 spiro atoms. The van der Waals surface area contributed by atoms with Gasteiger partial charge in [0.25, 0.3) is 0 Å². The number of hydrogen-bond acceptors (Lipinski definition) is 5. The van der Waals surface area contributed by atoms with Gasteiger partial charge in [-0.05, 0) is 54.6 Å². The van der Waals surface area contributed by atoms with Crippen molar-refractivity contribution in [3.8, 4) is 17.2 Å². The van der Waals surface area contributed by atoms with Crippen molar-refractivity contribution in [3.63, 3.8) is 0 Å². The van der Waals surface area contributed by atoms with Gasteiger partial charge in [-0.2, -0.15) is 5.10 Å². The summed E-state index contributed by atoms with van der Waals surface area (Å²) in [5, 5.41) is 27.3. The molecule has 28 heavy (non-hydrogen) atoms. The van der Waals surface area contributed by atoms with Gasteiger partial charge in [-0.1, -0.05) is 23.7 Å². The fourth-order valence-electron chi connectivity index (χ4n) is 3.80. The predicted molar refractivity (Wildman–Crippen MR) is 107 cm³/mol. The van der Waals surface area contributed by atoms with Crippen LogP contribution in [0.3, 0.4) is 0 Å². The molecule has 2 heterocycles. The molecule has 0 aliphatic carbocycles. The Labute approximate surface area is 167 Å². The number of hydrazone groups is 1. The highest BCUT2D eigenvalue weighted by Gasteiger charge is 2.41. The number of nitrogens with zero attached hydrogens (tertiary/aromatic N) is 2. The van der Waals surface area contributed by atoms with Gasteiger partial charge in [0.05, 0.1) is 11.8 Å². The van der Waals surface area contributed by atoms with E-state index < -0.39 is 6.23 Å². The van der Waals surface area contributed by atoms with E-state index in [0.717, 1.165) is 22.6 Å². The zero-order chi connectivity index (χ0) is 19.3. The van der Waals surface area contributed by atoms with Crippen LogP contribution in [-0.2, 0) is 0 Å². The average molecular weight is 393 g/mol. The van der Waals surface area contributed by atoms with Crippen LogP contribution < -0.4 is 4.74 Å². The van der Waals surface area contributed by atoms with Gasteiger partial charge in [0, 0.05) is 28.1 Å². The van der Waals surface area contributed by atoms with Crippen molar-refractivity contribution in [1.29, 1.82) is 0 Å². The predicted octanol–water partition coefficient (Wildman–Crippen LogP) is 4.99. The highest BCUT2D eigenvalue weighted by molar-refractivity contribution is 6.30. The van der Waals surface area contributed by atoms with Crippen LogP contribution in [0.25, 0.3) is 0 Å². The molecular weight excluding hydrogens is 376 g/mol. The molecule has 0 bridgehead atoms. The van der Waals surface area contributed by atoms with Gasteiger partial charge < -0.3 is 14.9 Å². The minimum absolute atomic E-state index is 0.0594. The lowest BCUT2D eigenvalue weighted by atomic mass is 9.95. The monoisotopic (exact) mass is 392 g/mol. The third-order valence-corrected chi connectivity index (χ3v) is 5.38. The quantitative estimate of drug-likeness (QED) is 0.644. The Morgan fingerprint density at radius 1 is 1.00 bits per heavy atom. The first kappa shape index (κ1) is 17.0. The maximum atomic E-state index is 10.3. The number of rotatable bonds is 2. The minimum Gasteiger partial charge on any atom is -0.508 e. The number of phenolic OH excluding ortho intramolecular Hbond substituents is 2. The van der Waals surface area contributed by atoms with Crippen molar-refractivity contribution in [2.45, 2.75) is 18.7 Å². The number of fused-ring (bicyclic) bond motifs is 3. The Bertz CT molecular complexity index is 1080. The Hall–Kier alpha value is -3.18. The Balaban J connectivity index is 1.62. The molecule has 2 atom stereocenters. The first-order valence-electron chi connectivity index (χ1n) is 8.99. The molecule has 0 amide bonds. The summed E-state index contributed by atoms with van der Waals surface area (Å²) in [6.45, 7) is 0. The molecule has 2 aliphatic rings. The molecule has 0 saturated carbocycles. The maximum absolute atomic E-state index is 10.3. The van der Waals surface area contributed by atoms with Gasteiger partial charge in [-0.3, -0.25) is 0 Å². The molecular formula is C22H17ClN2O3. The first-order chi connectivity index (χ1) is 13.6. The summed E-state index contributed by atoms with van der Waals surface area (Å²) in [5.74, 6) is 1.16. The summed E-state index contributed by atoms with van der Waals surface area (Å²) in [7, 11) is 0. The molecule has 2 aliphatic heterocycles. The van der Waals surface area contributed by atoms with Gasteiger partial charge in [-0.25, -0.2) is 5.01 Å². The first-order valence-corrected chi connectivity index (χ1v) is 9.37. The van der Waals surface area contributed by atoms with E-state index in [1.807, 2.05) is 47.5 Å². The fourth-order valence-corrected chi connectivity index (χ4v) is 3.98. The number of hydrogen-bond donors (Lipinski definition) is 2. The van der Waals surface area contributed by atoms with E-state index >= 15 is 0 Å². The Morgan fingerprint density at radius 2 is 1.79 bits per heavy atom. The summed E-state index contributed by atoms with van der Waals surface area (Å²) in [5.41, 5.74) is 3.36. The van der Waals surface area contributed by atoms with Crippen molar-refractivity contribution in [3.05, 3.63) is 88.4 Å². The lowest BCUT2D eigenvalue weighted by Gasteiger charge is -2.38. The van der Waals surface area contributed by atoms with E-state index in [-0.39, 0.29) is 17.5 Å². The number of halogens is 1. The lowest BCUT2D eigenvalue weighted by Crippen LogP contribution is -2.33. The molecule has 0 fully saturated rings. The van der Waals surface area contributed by atoms with E-state index in [1.165, 1.54) is 0 Å². The van der Waals surface area contributed by atoms with Crippen LogP contribution in [-0.4, -0.2) is 20.9 Å². The molecule has 5 rings (SSSR count). The summed E-state index contributed by atoms with van der Waals surface area (Å²) >= 11 is 6.24. The van der Waals surface area contributed by atoms with Crippen molar-refractivity contribution in [1.82, 2.24) is 5.01 Å². The van der Waals surface area contributed by atoms with Gasteiger partial charge in [0.15, 0.2) is 0 Å². The number of benzene rings is 3. The Kier molecular flexibility index (Phi) is 3.91. The maximum Gasteiger partial charge on any atom is 0.213 e. The second-order valence-corrected chi connectivity index (χ2v) is 7.34. The SMILES string of the molecule is Oc1ccc([C@H]2Oc3ccc(Cl)cc3[C@H]3CC(c4ccccc4O)=NN32)cc1. The molecule has 6 heteroatoms. The molecule has 140 valence electrons. The third-order valence-electron chi connectivity index (χ3n) is 5.15. The largest absolute Gasteiger partial charge is 0.508 e. The van der Waals surface area contributed by atoms with Crippen LogP contribution in [0.5, 0.6) is 17.2 Å². The number of para-hydroxylation sites is 1. The average Bonchev–Trinajstić information content (AvgIpc) is 3.14. The molecule has 2 N–H and O–H groups in total. The van der Waals surface area contributed by atoms with Crippen LogP contribution in [0.2, 0.25) is 5.02 Å². The van der Waals surface area contributed by atoms with Crippen molar-refractivity contribution >= 4 is 17.3 Å². The molecule has 0 radical (unpaired) electrons. The van der Waals surface area contributed by atoms with Gasteiger partial charge >= 0.3 is 0 Å². The van der Waals surface area contributed by atoms with Gasteiger partial charge in [-0.15, -0.1) is 0 Å². The van der Waals surface area contributed by atoms with Crippen LogP contribution in [0.4, 0.5) is 0 Å². The zero-order valence-corrected chi connectivity index (χ0v) is 15.5. The Morgan fingerprint density at radius 3 is 2.57 bits per heavy atom. The standard InChI is InChI=1S/C22H17ClN2O3/c23-14-7-10-21-17(11-14)19-12-18(16-3-1-2-4-20(16)27)24-25(19)22(28-21)13-5-8-15(26)9-6-13/h1-11,19,22,26-27H,12H2/t19-,22-/m1/s1. The van der Waals surface area contributed by atoms with E-state index in [1.54, 1.807) is 24.3 Å². The van der Waals surface area contributed by atoms with Crippen LogP contribution in [0.1, 0.15) is 35.4 Å². The molecule has 5 nitrogen and oxygen atoms in total. The van der Waals surface area contributed by atoms with Crippen LogP contribution in [0.15, 0.2) is 71.8 Å². The summed E-state index contributed by atoms with van der Waals surface area (Å²) in [4.78, 5) is 0. The highest BCUT2D eigenvalue weighted by atomic mass is 35.5. The topological polar surface area (TPSA) is 65.3 Å². The fraction of sp³-hybridized carbons (Fsp3) is 0.136. The second-order valence-electron chi connectivity index (χ2n) is 6.91. The van der Waals surface area contributed by atoms with Crippen molar-refractivity contribution in [2.24, 2.45) is 5.10 Å². The van der Waals surface area contributed by atoms with E-state index in [4.69, 9.17) is 21.4 Å². The lowest BCUT2D eigenvalue weighted by molar-refractivity contribution is -0.0190. The molecule has 0 saturated heterocycles. The number of aromatic hydroxyl groups is 2. The zero-order valence-electron chi connectivity index (χ0n) is 14.8. The highest BCUT2D eigenvalue weighted by Crippen LogP contribution is 2.48. The second kappa shape index (κ2) is 6.46. The smallest absolute Gasteiger partial charge is 0.213 e. The minimum atomic E-state index is -0.442. The molecule has 0 aromatic heterocycles. The van der Waals surface area contributed by atoms with Crippen LogP contribution >= 0.6 is 11.6 Å². The normalized spacial score (nSPS) is 20.2. The van der Waals surface area contributed by atoms with Gasteiger partial charge in [0.1, 0.15) is 17.2 Å². The molecule has 3 aromatic carbocycles. The van der Waals surface area contributed by atoms with Crippen LogP contribution in [0, 0.1) is 0 Å². The summed E-state index contributed by atoms with van der Waals surface area (Å²) in [6, 6.07) is 19.6. The summed E-state index contributed by atoms with van der Waals surface area (Å²) < 4.78 is 6.26. The molecule has 0 unspecified atom stereocenters. The van der Waals surface area contributed by atoms with Crippen molar-refractivity contribution in [2.75, 3.05) is 0 Å². The van der Waals surface area contributed by atoms with E-state index in [9.17, 15) is 10.2 Å².